The second-order valence-corrected chi connectivity index (χ2v) is 19.3. The number of benzene rings is 5. The van der Waals surface area contributed by atoms with Crippen molar-refractivity contribution in [3.63, 3.8) is 0 Å². The van der Waals surface area contributed by atoms with Gasteiger partial charge in [-0.25, -0.2) is 14.8 Å². The van der Waals surface area contributed by atoms with E-state index in [1.54, 1.807) is 24.0 Å². The molecule has 2 N–H and O–H groups in total. The van der Waals surface area contributed by atoms with Crippen LogP contribution in [0, 0.1) is 0 Å². The summed E-state index contributed by atoms with van der Waals surface area (Å²) in [5.74, 6) is -2.38. The molecule has 10 rings (SSSR count). The van der Waals surface area contributed by atoms with E-state index in [4.69, 9.17) is 14.6 Å². The number of β-lactam (4-membered cyclic amide) rings is 1. The summed E-state index contributed by atoms with van der Waals surface area (Å²) in [5.41, 5.74) is 4.42. The van der Waals surface area contributed by atoms with Crippen LogP contribution in [-0.2, 0) is 40.3 Å². The number of amides is 2. The van der Waals surface area contributed by atoms with E-state index in [-0.39, 0.29) is 22.9 Å². The average Bonchev–Trinajstić information content (AvgIpc) is 4.10. The number of anilines is 1. The molecule has 1 fully saturated rings. The highest BCUT2D eigenvalue weighted by molar-refractivity contribution is 7.86. The first kappa shape index (κ1) is 44.9. The van der Waals surface area contributed by atoms with Crippen molar-refractivity contribution in [1.82, 2.24) is 25.2 Å². The molecule has 2 aliphatic rings. The van der Waals surface area contributed by atoms with Crippen molar-refractivity contribution in [3.8, 4) is 10.6 Å². The molecule has 342 valence electrons. The molecule has 2 amide bonds. The number of esters is 1. The molecule has 0 saturated carbocycles. The second kappa shape index (κ2) is 19.7. The van der Waals surface area contributed by atoms with Crippen molar-refractivity contribution in [2.75, 3.05) is 18.2 Å². The van der Waals surface area contributed by atoms with Gasteiger partial charge in [0.05, 0.1) is 21.4 Å². The van der Waals surface area contributed by atoms with Gasteiger partial charge in [0.25, 0.3) is 11.8 Å². The molecule has 16 heteroatoms. The molecule has 3 unspecified atom stereocenters. The molecular weight excluding hydrogens is 927 g/mol. The minimum Gasteiger partial charge on any atom is -0.448 e. The van der Waals surface area contributed by atoms with Gasteiger partial charge in [-0.3, -0.25) is 23.7 Å². The number of thiazole rings is 2. The van der Waals surface area contributed by atoms with Crippen molar-refractivity contribution in [1.29, 1.82) is 0 Å². The predicted octanol–water partition coefficient (Wildman–Crippen LogP) is 8.58. The summed E-state index contributed by atoms with van der Waals surface area (Å²) in [7, 11) is -0.504. The summed E-state index contributed by atoms with van der Waals surface area (Å²) in [6, 6.07) is 51.0. The van der Waals surface area contributed by atoms with Gasteiger partial charge < -0.3 is 20.2 Å². The third-order valence-corrected chi connectivity index (χ3v) is 15.3. The highest BCUT2D eigenvalue weighted by Crippen LogP contribution is 2.43. The van der Waals surface area contributed by atoms with Gasteiger partial charge in [-0.15, -0.1) is 22.7 Å². The number of aromatic nitrogens is 3. The number of hydrogen-bond donors (Lipinski definition) is 2. The molecule has 8 aromatic rings. The molecule has 69 heavy (non-hydrogen) atoms. The van der Waals surface area contributed by atoms with Crippen LogP contribution < -0.4 is 10.6 Å². The molecular formula is C53H41N7O6S3. The standard InChI is InChI=1S/C53H41N7O6S3/c1-65-59-43(41-32-67-52(56-41)58-53(37-21-11-4-12-22-37,38-23-13-5-14-24-38)39-25-15-6-16-26-39)47(61)57-44-49(62)60-45(51(63)66-46(34-17-7-2-8-18-34)35-19-9-3-10-20-35)40(33-69(64)50(44)60)42-31-55-48(68-42)36-27-29-54-30-28-36/h2-32,44,46,50H,33H2,1H3,(H,56,58)(H,57,61)/b59-43+. The van der Waals surface area contributed by atoms with Crippen LogP contribution >= 0.6 is 22.7 Å². The number of nitrogens with one attached hydrogen (secondary N) is 2. The highest BCUT2D eigenvalue weighted by Gasteiger charge is 2.58. The minimum atomic E-state index is -1.81. The molecule has 1 saturated heterocycles. The van der Waals surface area contributed by atoms with Crippen LogP contribution in [0.15, 0.2) is 199 Å². The molecule has 0 spiro atoms. The first-order valence-corrected chi connectivity index (χ1v) is 24.9. The van der Waals surface area contributed by atoms with E-state index in [9.17, 15) is 18.6 Å². The molecule has 3 aromatic heterocycles. The van der Waals surface area contributed by atoms with Crippen molar-refractivity contribution < 1.29 is 28.2 Å². The number of carbonyl (C=O) groups is 3. The Hall–Kier alpha value is -7.92. The first-order chi connectivity index (χ1) is 33.8. The topological polar surface area (TPSA) is 165 Å². The monoisotopic (exact) mass is 967 g/mol. The maximum absolute atomic E-state index is 14.8. The van der Waals surface area contributed by atoms with Gasteiger partial charge in [0.1, 0.15) is 40.5 Å². The van der Waals surface area contributed by atoms with Gasteiger partial charge in [-0.05, 0) is 39.9 Å². The fourth-order valence-electron chi connectivity index (χ4n) is 8.63. The summed E-state index contributed by atoms with van der Waals surface area (Å²) in [4.78, 5) is 64.2. The second-order valence-electron chi connectivity index (χ2n) is 15.9. The lowest BCUT2D eigenvalue weighted by molar-refractivity contribution is -0.154. The zero-order valence-electron chi connectivity index (χ0n) is 36.7. The summed E-state index contributed by atoms with van der Waals surface area (Å²) in [6.07, 6.45) is 4.06. The molecule has 13 nitrogen and oxygen atoms in total. The molecule has 0 aliphatic carbocycles. The van der Waals surface area contributed by atoms with Crippen LogP contribution in [-0.4, -0.2) is 71.8 Å². The summed E-state index contributed by atoms with van der Waals surface area (Å²) in [5, 5.41) is 12.2. The number of ether oxygens (including phenoxy) is 1. The van der Waals surface area contributed by atoms with Crippen LogP contribution in [0.4, 0.5) is 5.13 Å². The third-order valence-electron chi connectivity index (χ3n) is 11.8. The zero-order valence-corrected chi connectivity index (χ0v) is 39.2. The average molecular weight is 968 g/mol. The Kier molecular flexibility index (Phi) is 12.8. The lowest BCUT2D eigenvalue weighted by atomic mass is 9.77. The molecule has 5 aromatic carbocycles. The Morgan fingerprint density at radius 2 is 1.35 bits per heavy atom. The number of carbonyl (C=O) groups excluding carboxylic acids is 3. The maximum atomic E-state index is 14.8. The number of oxime groups is 1. The van der Waals surface area contributed by atoms with Crippen LogP contribution in [0.1, 0.15) is 44.5 Å². The van der Waals surface area contributed by atoms with Gasteiger partial charge >= 0.3 is 5.97 Å². The third kappa shape index (κ3) is 8.76. The Morgan fingerprint density at radius 1 is 0.797 bits per heavy atom. The van der Waals surface area contributed by atoms with Crippen LogP contribution in [0.2, 0.25) is 0 Å². The van der Waals surface area contributed by atoms with Gasteiger partial charge in [0, 0.05) is 35.1 Å². The Balaban J connectivity index is 0.961. The van der Waals surface area contributed by atoms with E-state index >= 15 is 0 Å². The number of pyridine rings is 1. The van der Waals surface area contributed by atoms with E-state index in [1.165, 1.54) is 34.7 Å². The van der Waals surface area contributed by atoms with Gasteiger partial charge in [0.2, 0.25) is 0 Å². The Morgan fingerprint density at radius 3 is 1.90 bits per heavy atom. The van der Waals surface area contributed by atoms with E-state index in [2.05, 4.69) is 25.8 Å². The SMILES string of the molecule is CO/N=C(/C(=O)NC1C(=O)N2C(C(=O)OC(c3ccccc3)c3ccccc3)=C(c3cnc(-c4ccncc4)s3)CS(=O)C12)c1csc(NC(c2ccccc2)(c2ccccc2)c2ccccc2)n1. The number of fused-ring (bicyclic) bond motifs is 1. The van der Waals surface area contributed by atoms with Crippen molar-refractivity contribution >= 4 is 67.7 Å². The smallest absolute Gasteiger partial charge is 0.356 e. The van der Waals surface area contributed by atoms with Gasteiger partial charge in [-0.1, -0.05) is 157 Å². The Labute approximate surface area is 407 Å². The number of hydrogen-bond acceptors (Lipinski definition) is 13. The van der Waals surface area contributed by atoms with E-state index in [0.29, 0.717) is 31.7 Å². The number of rotatable bonds is 15. The van der Waals surface area contributed by atoms with Crippen molar-refractivity contribution in [3.05, 3.63) is 232 Å². The zero-order chi connectivity index (χ0) is 47.3. The Bertz CT molecular complexity index is 3070. The van der Waals surface area contributed by atoms with Crippen LogP contribution in [0.5, 0.6) is 0 Å². The van der Waals surface area contributed by atoms with Crippen molar-refractivity contribution in [2.45, 2.75) is 23.1 Å². The largest absolute Gasteiger partial charge is 0.448 e. The van der Waals surface area contributed by atoms with Crippen molar-refractivity contribution in [2.24, 2.45) is 5.16 Å². The quantitative estimate of drug-likeness (QED) is 0.0334. The lowest BCUT2D eigenvalue weighted by Crippen LogP contribution is -2.74. The minimum absolute atomic E-state index is 0.0726. The molecule has 3 atom stereocenters. The van der Waals surface area contributed by atoms with E-state index in [0.717, 1.165) is 22.3 Å². The molecule has 0 bridgehead atoms. The molecule has 2 aliphatic heterocycles. The normalized spacial score (nSPS) is 16.9. The summed E-state index contributed by atoms with van der Waals surface area (Å²) >= 11 is 2.55. The summed E-state index contributed by atoms with van der Waals surface area (Å²) in [6.45, 7) is 0. The molecule has 0 radical (unpaired) electrons. The van der Waals surface area contributed by atoms with E-state index < -0.39 is 51.6 Å². The fourth-order valence-corrected chi connectivity index (χ4v) is 12.1. The van der Waals surface area contributed by atoms with Gasteiger partial charge in [0.15, 0.2) is 16.9 Å². The summed E-state index contributed by atoms with van der Waals surface area (Å²) < 4.78 is 20.8. The molecule has 5 heterocycles. The first-order valence-electron chi connectivity index (χ1n) is 21.8. The lowest BCUT2D eigenvalue weighted by Gasteiger charge is -2.49. The van der Waals surface area contributed by atoms with Crippen LogP contribution in [0.3, 0.4) is 0 Å². The number of nitrogens with zero attached hydrogens (tertiary/aromatic N) is 5. The van der Waals surface area contributed by atoms with Crippen LogP contribution in [0.25, 0.3) is 16.1 Å². The fraction of sp³-hybridized carbons (Fsp3) is 0.113. The predicted molar refractivity (Wildman–Crippen MR) is 267 cm³/mol. The van der Waals surface area contributed by atoms with E-state index in [1.807, 2.05) is 164 Å². The van der Waals surface area contributed by atoms with Gasteiger partial charge in [-0.2, -0.15) is 0 Å². The highest BCUT2D eigenvalue weighted by atomic mass is 32.2. The maximum Gasteiger partial charge on any atom is 0.356 e.